The van der Waals surface area contributed by atoms with E-state index in [0.29, 0.717) is 17.9 Å². The number of esters is 1. The normalized spacial score (nSPS) is 10.9. The average molecular weight is 297 g/mol. The highest BCUT2D eigenvalue weighted by Crippen LogP contribution is 2.22. The number of nitrogens with zero attached hydrogens (tertiary/aromatic N) is 1. The molecule has 0 spiro atoms. The van der Waals surface area contributed by atoms with Gasteiger partial charge in [-0.05, 0) is 73.9 Å². The van der Waals surface area contributed by atoms with Crippen LogP contribution in [0.15, 0.2) is 41.4 Å². The van der Waals surface area contributed by atoms with E-state index in [1.165, 1.54) is 0 Å². The van der Waals surface area contributed by atoms with Gasteiger partial charge in [0.2, 0.25) is 0 Å². The molecule has 0 saturated heterocycles. The fourth-order valence-corrected chi connectivity index (χ4v) is 2.11. The summed E-state index contributed by atoms with van der Waals surface area (Å²) in [7, 11) is 0. The van der Waals surface area contributed by atoms with Crippen LogP contribution in [0.25, 0.3) is 0 Å². The molecule has 0 bridgehead atoms. The van der Waals surface area contributed by atoms with Crippen LogP contribution in [0.2, 0.25) is 0 Å². The van der Waals surface area contributed by atoms with E-state index in [1.807, 2.05) is 26.0 Å². The maximum Gasteiger partial charge on any atom is 0.338 e. The summed E-state index contributed by atoms with van der Waals surface area (Å²) in [4.78, 5) is 15.9. The minimum Gasteiger partial charge on any atom is -0.507 e. The van der Waals surface area contributed by atoms with Crippen molar-refractivity contribution < 1.29 is 14.6 Å². The van der Waals surface area contributed by atoms with Gasteiger partial charge in [0.25, 0.3) is 0 Å². The van der Waals surface area contributed by atoms with E-state index in [1.54, 1.807) is 37.4 Å². The third-order valence-electron chi connectivity index (χ3n) is 3.25. The summed E-state index contributed by atoms with van der Waals surface area (Å²) in [6.07, 6.45) is 1.73. The van der Waals surface area contributed by atoms with E-state index in [9.17, 15) is 9.90 Å². The first kappa shape index (κ1) is 15.8. The lowest BCUT2D eigenvalue weighted by Gasteiger charge is -2.04. The number of benzene rings is 2. The van der Waals surface area contributed by atoms with Crippen molar-refractivity contribution in [2.45, 2.75) is 20.8 Å². The van der Waals surface area contributed by atoms with E-state index in [0.717, 1.165) is 22.4 Å². The number of hydrogen-bond acceptors (Lipinski definition) is 4. The van der Waals surface area contributed by atoms with E-state index < -0.39 is 0 Å². The molecule has 2 aromatic rings. The number of rotatable bonds is 4. The molecule has 0 aliphatic carbocycles. The smallest absolute Gasteiger partial charge is 0.338 e. The first-order valence-corrected chi connectivity index (χ1v) is 7.12. The average Bonchev–Trinajstić information content (AvgIpc) is 2.51. The maximum absolute atomic E-state index is 11.6. The van der Waals surface area contributed by atoms with Gasteiger partial charge in [-0.3, -0.25) is 4.99 Å². The van der Waals surface area contributed by atoms with Crippen molar-refractivity contribution in [3.05, 3.63) is 58.7 Å². The summed E-state index contributed by atoms with van der Waals surface area (Å²) in [5.41, 5.74) is 3.81. The van der Waals surface area contributed by atoms with Gasteiger partial charge in [0, 0.05) is 6.21 Å². The number of phenolic OH excluding ortho intramolecular Hbond substituents is 1. The molecule has 2 rings (SSSR count). The van der Waals surface area contributed by atoms with Gasteiger partial charge in [0.15, 0.2) is 0 Å². The molecule has 0 radical (unpaired) electrons. The predicted molar refractivity (Wildman–Crippen MR) is 87.2 cm³/mol. The van der Waals surface area contributed by atoms with Crippen LogP contribution in [0.3, 0.4) is 0 Å². The summed E-state index contributed by atoms with van der Waals surface area (Å²) >= 11 is 0. The molecule has 0 unspecified atom stereocenters. The minimum absolute atomic E-state index is 0.316. The number of ether oxygens (including phenoxy) is 1. The Morgan fingerprint density at radius 3 is 2.32 bits per heavy atom. The lowest BCUT2D eigenvalue weighted by molar-refractivity contribution is 0.0526. The Morgan fingerprint density at radius 1 is 1.18 bits per heavy atom. The van der Waals surface area contributed by atoms with Gasteiger partial charge in [-0.15, -0.1) is 0 Å². The second-order valence-electron chi connectivity index (χ2n) is 5.03. The van der Waals surface area contributed by atoms with Crippen LogP contribution in [0.4, 0.5) is 5.69 Å². The third-order valence-corrected chi connectivity index (χ3v) is 3.25. The number of carbonyl (C=O) groups is 1. The van der Waals surface area contributed by atoms with Crippen molar-refractivity contribution in [1.29, 1.82) is 0 Å². The molecule has 0 aromatic heterocycles. The highest BCUT2D eigenvalue weighted by Gasteiger charge is 2.05. The predicted octanol–water partition coefficient (Wildman–Crippen LogP) is 3.94. The van der Waals surface area contributed by atoms with Gasteiger partial charge < -0.3 is 9.84 Å². The van der Waals surface area contributed by atoms with Crippen molar-refractivity contribution >= 4 is 17.9 Å². The molecule has 114 valence electrons. The van der Waals surface area contributed by atoms with Crippen LogP contribution in [0.1, 0.15) is 34.0 Å². The van der Waals surface area contributed by atoms with Crippen LogP contribution in [0, 0.1) is 13.8 Å². The second kappa shape index (κ2) is 6.89. The van der Waals surface area contributed by atoms with Gasteiger partial charge in [0.1, 0.15) is 5.75 Å². The zero-order chi connectivity index (χ0) is 16.1. The first-order chi connectivity index (χ1) is 10.5. The van der Waals surface area contributed by atoms with E-state index in [4.69, 9.17) is 4.74 Å². The summed E-state index contributed by atoms with van der Waals surface area (Å²) in [5, 5.41) is 9.75. The molecule has 0 saturated carbocycles. The van der Waals surface area contributed by atoms with Gasteiger partial charge >= 0.3 is 5.97 Å². The molecule has 0 atom stereocenters. The topological polar surface area (TPSA) is 58.9 Å². The van der Waals surface area contributed by atoms with Crippen molar-refractivity contribution in [1.82, 2.24) is 0 Å². The number of aryl methyl sites for hydroxylation is 2. The molecular formula is C18H19NO3. The van der Waals surface area contributed by atoms with Gasteiger partial charge in [-0.2, -0.15) is 0 Å². The fourth-order valence-electron chi connectivity index (χ4n) is 2.11. The van der Waals surface area contributed by atoms with Crippen LogP contribution < -0.4 is 0 Å². The van der Waals surface area contributed by atoms with E-state index in [2.05, 4.69) is 4.99 Å². The number of aromatic hydroxyl groups is 1. The SMILES string of the molecule is CCOC(=O)c1ccc(N=Cc2cc(C)c(O)c(C)c2)cc1. The second-order valence-corrected chi connectivity index (χ2v) is 5.03. The molecule has 4 heteroatoms. The van der Waals surface area contributed by atoms with Crippen LogP contribution in [-0.2, 0) is 4.74 Å². The monoisotopic (exact) mass is 297 g/mol. The quantitative estimate of drug-likeness (QED) is 0.687. The number of hydrogen-bond donors (Lipinski definition) is 1. The largest absolute Gasteiger partial charge is 0.507 e. The minimum atomic E-state index is -0.331. The Balaban J connectivity index is 2.15. The fraction of sp³-hybridized carbons (Fsp3) is 0.222. The summed E-state index contributed by atoms with van der Waals surface area (Å²) in [6.45, 7) is 5.85. The van der Waals surface area contributed by atoms with E-state index >= 15 is 0 Å². The molecule has 1 N–H and O–H groups in total. The molecular weight excluding hydrogens is 278 g/mol. The highest BCUT2D eigenvalue weighted by molar-refractivity contribution is 5.90. The van der Waals surface area contributed by atoms with Gasteiger partial charge in [-0.1, -0.05) is 0 Å². The Labute approximate surface area is 130 Å². The van der Waals surface area contributed by atoms with Gasteiger partial charge in [-0.25, -0.2) is 4.79 Å². The van der Waals surface area contributed by atoms with Crippen molar-refractivity contribution in [3.8, 4) is 5.75 Å². The molecule has 22 heavy (non-hydrogen) atoms. The third kappa shape index (κ3) is 3.73. The van der Waals surface area contributed by atoms with Crippen LogP contribution in [0.5, 0.6) is 5.75 Å². The maximum atomic E-state index is 11.6. The Bertz CT molecular complexity index is 680. The Hall–Kier alpha value is -2.62. The van der Waals surface area contributed by atoms with Crippen LogP contribution >= 0.6 is 0 Å². The highest BCUT2D eigenvalue weighted by atomic mass is 16.5. The molecule has 4 nitrogen and oxygen atoms in total. The lowest BCUT2D eigenvalue weighted by Crippen LogP contribution is -2.03. The molecule has 2 aromatic carbocycles. The summed E-state index contributed by atoms with van der Waals surface area (Å²) in [5.74, 6) is -0.0150. The standard InChI is InChI=1S/C18H19NO3/c1-4-22-18(21)15-5-7-16(8-6-15)19-11-14-9-12(2)17(20)13(3)10-14/h5-11,20H,4H2,1-3H3. The zero-order valence-electron chi connectivity index (χ0n) is 13.0. The molecule has 0 fully saturated rings. The number of phenols is 1. The molecule has 0 heterocycles. The van der Waals surface area contributed by atoms with Crippen molar-refractivity contribution in [3.63, 3.8) is 0 Å². The number of carbonyl (C=O) groups excluding carboxylic acids is 1. The number of aliphatic imine (C=N–C) groups is 1. The molecule has 0 aliphatic heterocycles. The Morgan fingerprint density at radius 2 is 1.77 bits per heavy atom. The van der Waals surface area contributed by atoms with Crippen molar-refractivity contribution in [2.24, 2.45) is 4.99 Å². The lowest BCUT2D eigenvalue weighted by atomic mass is 10.1. The van der Waals surface area contributed by atoms with Crippen LogP contribution in [-0.4, -0.2) is 23.9 Å². The van der Waals surface area contributed by atoms with Gasteiger partial charge in [0.05, 0.1) is 17.9 Å². The summed E-state index contributed by atoms with van der Waals surface area (Å²) < 4.78 is 4.93. The zero-order valence-corrected chi connectivity index (χ0v) is 13.0. The summed E-state index contributed by atoms with van der Waals surface area (Å²) in [6, 6.07) is 10.7. The molecule has 0 amide bonds. The Kier molecular flexibility index (Phi) is 4.94. The van der Waals surface area contributed by atoms with Crippen molar-refractivity contribution in [2.75, 3.05) is 6.61 Å². The molecule has 0 aliphatic rings. The first-order valence-electron chi connectivity index (χ1n) is 7.12. The van der Waals surface area contributed by atoms with E-state index in [-0.39, 0.29) is 5.97 Å².